The molecule has 0 unspecified atom stereocenters. The van der Waals surface area contributed by atoms with E-state index >= 15 is 0 Å². The molecule has 0 spiro atoms. The number of nitrogens with one attached hydrogen (secondary N) is 1. The van der Waals surface area contributed by atoms with E-state index in [1.165, 1.54) is 0 Å². The Morgan fingerprint density at radius 2 is 1.56 bits per heavy atom. The van der Waals surface area contributed by atoms with E-state index in [0.29, 0.717) is 37.7 Å². The molecule has 0 aromatic heterocycles. The van der Waals surface area contributed by atoms with Crippen molar-refractivity contribution in [2.75, 3.05) is 38.2 Å². The Labute approximate surface area is 160 Å². The summed E-state index contributed by atoms with van der Waals surface area (Å²) in [7, 11) is 0. The van der Waals surface area contributed by atoms with E-state index in [4.69, 9.17) is 9.47 Å². The maximum Gasteiger partial charge on any atom is 0.238 e. The monoisotopic (exact) mass is 366 g/mol. The van der Waals surface area contributed by atoms with Crippen molar-refractivity contribution in [3.05, 3.63) is 79.9 Å². The second kappa shape index (κ2) is 11.5. The third-order valence-electron chi connectivity index (χ3n) is 3.66. The van der Waals surface area contributed by atoms with Gasteiger partial charge in [0.2, 0.25) is 5.91 Å². The lowest BCUT2D eigenvalue weighted by Crippen LogP contribution is -2.33. The largest absolute Gasteiger partial charge is 0.490 e. The van der Waals surface area contributed by atoms with Gasteiger partial charge in [-0.25, -0.2) is 0 Å². The summed E-state index contributed by atoms with van der Waals surface area (Å²) < 4.78 is 11.4. The number of carbonyl (C=O) groups excluding carboxylic acids is 1. The quantitative estimate of drug-likeness (QED) is 0.459. The van der Waals surface area contributed by atoms with Gasteiger partial charge in [-0.2, -0.15) is 0 Å². The minimum absolute atomic E-state index is 0.115. The molecule has 2 aromatic carbocycles. The zero-order valence-electron chi connectivity index (χ0n) is 15.5. The number of carbonyl (C=O) groups is 1. The fourth-order valence-electron chi connectivity index (χ4n) is 2.49. The molecule has 5 nitrogen and oxygen atoms in total. The molecule has 1 N–H and O–H groups in total. The van der Waals surface area contributed by atoms with Crippen molar-refractivity contribution in [1.82, 2.24) is 4.90 Å². The van der Waals surface area contributed by atoms with Gasteiger partial charge in [0.05, 0.1) is 12.2 Å². The molecule has 142 valence electrons. The van der Waals surface area contributed by atoms with Crippen LogP contribution in [0.3, 0.4) is 0 Å². The van der Waals surface area contributed by atoms with E-state index in [1.807, 2.05) is 59.5 Å². The van der Waals surface area contributed by atoms with Gasteiger partial charge >= 0.3 is 0 Å². The number of nitrogens with zero attached hydrogens (tertiary/aromatic N) is 1. The maximum atomic E-state index is 12.3. The first-order chi connectivity index (χ1) is 13.2. The number of amides is 1. The van der Waals surface area contributed by atoms with E-state index in [-0.39, 0.29) is 12.5 Å². The zero-order valence-corrected chi connectivity index (χ0v) is 15.5. The lowest BCUT2D eigenvalue weighted by atomic mass is 10.3. The van der Waals surface area contributed by atoms with Crippen molar-refractivity contribution in [3.8, 4) is 11.5 Å². The molecule has 0 aliphatic rings. The van der Waals surface area contributed by atoms with E-state index in [1.54, 1.807) is 12.2 Å². The first-order valence-electron chi connectivity index (χ1n) is 8.86. The highest BCUT2D eigenvalue weighted by Gasteiger charge is 2.11. The van der Waals surface area contributed by atoms with Crippen LogP contribution in [0, 0.1) is 0 Å². The third kappa shape index (κ3) is 7.38. The predicted octanol–water partition coefficient (Wildman–Crippen LogP) is 3.76. The second-order valence-electron chi connectivity index (χ2n) is 5.83. The summed E-state index contributed by atoms with van der Waals surface area (Å²) >= 11 is 0. The summed E-state index contributed by atoms with van der Waals surface area (Å²) in [6.07, 6.45) is 3.53. The second-order valence-corrected chi connectivity index (χ2v) is 5.83. The summed E-state index contributed by atoms with van der Waals surface area (Å²) in [5.41, 5.74) is 0.638. The number of hydrogen-bond acceptors (Lipinski definition) is 4. The molecule has 0 bridgehead atoms. The van der Waals surface area contributed by atoms with Gasteiger partial charge in [-0.1, -0.05) is 42.5 Å². The van der Waals surface area contributed by atoms with Crippen LogP contribution < -0.4 is 14.8 Å². The average molecular weight is 366 g/mol. The van der Waals surface area contributed by atoms with Crippen molar-refractivity contribution in [2.24, 2.45) is 0 Å². The zero-order chi connectivity index (χ0) is 19.3. The molecule has 1 amide bonds. The highest BCUT2D eigenvalue weighted by atomic mass is 16.5. The SMILES string of the molecule is C=CCN(CC=C)CC(=O)Nc1ccccc1OCCOc1ccccc1. The van der Waals surface area contributed by atoms with Gasteiger partial charge in [0.1, 0.15) is 24.7 Å². The Bertz CT molecular complexity index is 721. The van der Waals surface area contributed by atoms with Crippen molar-refractivity contribution < 1.29 is 14.3 Å². The predicted molar refractivity (Wildman–Crippen MR) is 109 cm³/mol. The molecule has 0 saturated heterocycles. The highest BCUT2D eigenvalue weighted by molar-refractivity contribution is 5.93. The number of hydrogen-bond donors (Lipinski definition) is 1. The van der Waals surface area contributed by atoms with Crippen LogP contribution in [0.15, 0.2) is 79.9 Å². The topological polar surface area (TPSA) is 50.8 Å². The van der Waals surface area contributed by atoms with Crippen LogP contribution in [-0.4, -0.2) is 43.7 Å². The van der Waals surface area contributed by atoms with Crippen LogP contribution in [-0.2, 0) is 4.79 Å². The molecule has 0 heterocycles. The molecule has 0 aliphatic heterocycles. The summed E-state index contributed by atoms with van der Waals surface area (Å²) in [5, 5.41) is 2.90. The Morgan fingerprint density at radius 1 is 0.926 bits per heavy atom. The van der Waals surface area contributed by atoms with Crippen LogP contribution in [0.5, 0.6) is 11.5 Å². The number of rotatable bonds is 12. The van der Waals surface area contributed by atoms with Crippen molar-refractivity contribution >= 4 is 11.6 Å². The van der Waals surface area contributed by atoms with Crippen molar-refractivity contribution in [1.29, 1.82) is 0 Å². The van der Waals surface area contributed by atoms with Gasteiger partial charge in [0, 0.05) is 13.1 Å². The molecule has 27 heavy (non-hydrogen) atoms. The van der Waals surface area contributed by atoms with E-state index in [0.717, 1.165) is 5.75 Å². The lowest BCUT2D eigenvalue weighted by Gasteiger charge is -2.19. The number of para-hydroxylation sites is 3. The number of anilines is 1. The van der Waals surface area contributed by atoms with Crippen LogP contribution in [0.25, 0.3) is 0 Å². The number of ether oxygens (including phenoxy) is 2. The molecule has 0 saturated carbocycles. The smallest absolute Gasteiger partial charge is 0.238 e. The summed E-state index contributed by atoms with van der Waals surface area (Å²) in [4.78, 5) is 14.3. The average Bonchev–Trinajstić information content (AvgIpc) is 2.67. The van der Waals surface area contributed by atoms with Crippen molar-refractivity contribution in [2.45, 2.75) is 0 Å². The Kier molecular flexibility index (Phi) is 8.66. The highest BCUT2D eigenvalue weighted by Crippen LogP contribution is 2.23. The van der Waals surface area contributed by atoms with Gasteiger partial charge < -0.3 is 14.8 Å². The van der Waals surface area contributed by atoms with Crippen LogP contribution in [0.2, 0.25) is 0 Å². The molecule has 2 aromatic rings. The molecule has 0 fully saturated rings. The maximum absolute atomic E-state index is 12.3. The fraction of sp³-hybridized carbons (Fsp3) is 0.227. The molecule has 0 aliphatic carbocycles. The Balaban J connectivity index is 1.85. The minimum Gasteiger partial charge on any atom is -0.490 e. The van der Waals surface area contributed by atoms with Crippen LogP contribution >= 0.6 is 0 Å². The van der Waals surface area contributed by atoms with Gasteiger partial charge in [-0.05, 0) is 24.3 Å². The van der Waals surface area contributed by atoms with Crippen LogP contribution in [0.4, 0.5) is 5.69 Å². The summed E-state index contributed by atoms with van der Waals surface area (Å²) in [6, 6.07) is 16.9. The standard InChI is InChI=1S/C22H26N2O3/c1-3-14-24(15-4-2)18-22(25)23-20-12-8-9-13-21(20)27-17-16-26-19-10-6-5-7-11-19/h3-13H,1-2,14-18H2,(H,23,25). The normalized spacial score (nSPS) is 10.3. The fourth-order valence-corrected chi connectivity index (χ4v) is 2.49. The molecular formula is C22H26N2O3. The summed E-state index contributed by atoms with van der Waals surface area (Å²) in [5.74, 6) is 1.30. The molecular weight excluding hydrogens is 340 g/mol. The molecule has 0 atom stereocenters. The van der Waals surface area contributed by atoms with Gasteiger partial charge in [-0.3, -0.25) is 9.69 Å². The van der Waals surface area contributed by atoms with Gasteiger partial charge in [0.15, 0.2) is 0 Å². The third-order valence-corrected chi connectivity index (χ3v) is 3.66. The first kappa shape index (κ1) is 20.3. The number of benzene rings is 2. The lowest BCUT2D eigenvalue weighted by molar-refractivity contribution is -0.117. The van der Waals surface area contributed by atoms with E-state index < -0.39 is 0 Å². The minimum atomic E-state index is -0.115. The molecule has 5 heteroatoms. The summed E-state index contributed by atoms with van der Waals surface area (Å²) in [6.45, 7) is 9.71. The van der Waals surface area contributed by atoms with Crippen molar-refractivity contribution in [3.63, 3.8) is 0 Å². The Hall–Kier alpha value is -3.05. The van der Waals surface area contributed by atoms with E-state index in [2.05, 4.69) is 18.5 Å². The van der Waals surface area contributed by atoms with Crippen LogP contribution in [0.1, 0.15) is 0 Å². The van der Waals surface area contributed by atoms with Gasteiger partial charge in [0.25, 0.3) is 0 Å². The molecule has 2 rings (SSSR count). The molecule has 0 radical (unpaired) electrons. The van der Waals surface area contributed by atoms with Gasteiger partial charge in [-0.15, -0.1) is 13.2 Å². The Morgan fingerprint density at radius 3 is 2.26 bits per heavy atom. The van der Waals surface area contributed by atoms with E-state index in [9.17, 15) is 4.79 Å². The first-order valence-corrected chi connectivity index (χ1v) is 8.86.